The number of para-hydroxylation sites is 1. The van der Waals surface area contributed by atoms with Gasteiger partial charge in [0, 0.05) is 19.7 Å². The minimum atomic E-state index is -1.32. The maximum atomic E-state index is 14.4. The lowest BCUT2D eigenvalue weighted by Crippen LogP contribution is -2.56. The average Bonchev–Trinajstić information content (AvgIpc) is 3.23. The zero-order valence-electron chi connectivity index (χ0n) is 21.0. The van der Waals surface area contributed by atoms with E-state index in [1.807, 2.05) is 37.3 Å². The van der Waals surface area contributed by atoms with E-state index in [2.05, 4.69) is 0 Å². The maximum Gasteiger partial charge on any atom is 0.313 e. The highest BCUT2D eigenvalue weighted by molar-refractivity contribution is 6.34. The Morgan fingerprint density at radius 1 is 1.05 bits per heavy atom. The van der Waals surface area contributed by atoms with E-state index in [1.54, 1.807) is 28.0 Å². The van der Waals surface area contributed by atoms with Crippen LogP contribution in [0.1, 0.15) is 39.0 Å². The number of ether oxygens (including phenoxy) is 2. The first-order valence-electron chi connectivity index (χ1n) is 13.1. The monoisotopic (exact) mass is 528 g/mol. The summed E-state index contributed by atoms with van der Waals surface area (Å²) >= 11 is 6.49. The highest BCUT2D eigenvalue weighted by Crippen LogP contribution is 2.58. The summed E-state index contributed by atoms with van der Waals surface area (Å²) in [6, 6.07) is 6.16. The van der Waals surface area contributed by atoms with Crippen LogP contribution in [0.2, 0.25) is 5.02 Å². The quantitative estimate of drug-likeness (QED) is 0.331. The van der Waals surface area contributed by atoms with Crippen molar-refractivity contribution in [3.63, 3.8) is 0 Å². The number of likely N-dealkylation sites (tertiary alicyclic amines) is 1. The van der Waals surface area contributed by atoms with Crippen LogP contribution in [0, 0.1) is 11.8 Å². The number of aliphatic hydroxyl groups excluding tert-OH is 1. The summed E-state index contributed by atoms with van der Waals surface area (Å²) in [5, 5.41) is 9.65. The predicted molar refractivity (Wildman–Crippen MR) is 138 cm³/mol. The summed E-state index contributed by atoms with van der Waals surface area (Å²) < 4.78 is 12.4. The number of hydrogen-bond acceptors (Lipinski definition) is 6. The van der Waals surface area contributed by atoms with Gasteiger partial charge in [0.25, 0.3) is 5.91 Å². The van der Waals surface area contributed by atoms with Crippen LogP contribution in [-0.4, -0.2) is 71.3 Å². The second-order valence-corrected chi connectivity index (χ2v) is 10.5. The Kier molecular flexibility index (Phi) is 7.18. The summed E-state index contributed by atoms with van der Waals surface area (Å²) in [7, 11) is 0. The molecule has 4 heterocycles. The highest BCUT2D eigenvalue weighted by atomic mass is 35.5. The Balaban J connectivity index is 1.63. The highest BCUT2D eigenvalue weighted by Gasteiger charge is 2.75. The van der Waals surface area contributed by atoms with Gasteiger partial charge in [0.2, 0.25) is 5.91 Å². The van der Waals surface area contributed by atoms with Gasteiger partial charge in [-0.25, -0.2) is 0 Å². The van der Waals surface area contributed by atoms with Crippen molar-refractivity contribution < 1.29 is 29.0 Å². The first-order chi connectivity index (χ1) is 17.9. The lowest BCUT2D eigenvalue weighted by molar-refractivity contribution is -0.160. The molecule has 1 unspecified atom stereocenters. The standard InChI is InChI=1S/C28H33ClN2O6/c1-2-27-13-6-9-18-36-26(35)22(27)21-24(33)31(15-7-3-8-17-32)23-25(34)30(16-10-14-28(21,23)37-27)20-12-5-4-11-19(20)29/h4-6,10-14,21-23,32H,2-3,7-9,15-18H2,1H3/t21-,22+,23?,27-,28-/m0/s1. The molecule has 5 atom stereocenters. The van der Waals surface area contributed by atoms with Crippen LogP contribution in [0.5, 0.6) is 0 Å². The third kappa shape index (κ3) is 4.10. The van der Waals surface area contributed by atoms with Gasteiger partial charge in [-0.05, 0) is 44.2 Å². The molecule has 5 rings (SSSR count). The van der Waals surface area contributed by atoms with Gasteiger partial charge >= 0.3 is 5.97 Å². The summed E-state index contributed by atoms with van der Waals surface area (Å²) in [6.45, 7) is 2.80. The molecule has 1 spiro atoms. The van der Waals surface area contributed by atoms with Gasteiger partial charge in [-0.15, -0.1) is 0 Å². The molecule has 0 aliphatic carbocycles. The minimum Gasteiger partial charge on any atom is -0.465 e. The van der Waals surface area contributed by atoms with Crippen LogP contribution in [0.3, 0.4) is 0 Å². The SMILES string of the molecule is CC[C@]12C=CCCOC(=O)[C@H]1[C@H]1C(=O)N(CCCCCO)C3C(=O)N(c4ccccc4Cl)CC=C[C@@]31O2. The minimum absolute atomic E-state index is 0.0638. The van der Waals surface area contributed by atoms with Crippen LogP contribution in [0.25, 0.3) is 0 Å². The molecule has 1 N–H and O–H groups in total. The Morgan fingerprint density at radius 2 is 1.86 bits per heavy atom. The van der Waals surface area contributed by atoms with Crippen molar-refractivity contribution in [1.29, 1.82) is 0 Å². The van der Waals surface area contributed by atoms with Gasteiger partial charge in [0.15, 0.2) is 0 Å². The molecule has 1 aromatic carbocycles. The van der Waals surface area contributed by atoms with E-state index in [0.29, 0.717) is 49.4 Å². The number of benzene rings is 1. The lowest BCUT2D eigenvalue weighted by atomic mass is 9.73. The van der Waals surface area contributed by atoms with Gasteiger partial charge in [0.1, 0.15) is 23.2 Å². The number of carbonyl (C=O) groups excluding carboxylic acids is 3. The fourth-order valence-electron chi connectivity index (χ4n) is 6.43. The number of unbranched alkanes of at least 4 members (excludes halogenated alkanes) is 2. The normalized spacial score (nSPS) is 32.9. The molecule has 2 saturated heterocycles. The van der Waals surface area contributed by atoms with Crippen molar-refractivity contribution in [1.82, 2.24) is 4.90 Å². The maximum absolute atomic E-state index is 14.4. The van der Waals surface area contributed by atoms with Gasteiger partial charge in [-0.1, -0.05) is 55.0 Å². The van der Waals surface area contributed by atoms with Crippen LogP contribution in [0.15, 0.2) is 48.6 Å². The number of anilines is 1. The van der Waals surface area contributed by atoms with Crippen molar-refractivity contribution in [3.8, 4) is 0 Å². The first-order valence-corrected chi connectivity index (χ1v) is 13.5. The molecule has 8 nitrogen and oxygen atoms in total. The van der Waals surface area contributed by atoms with Gasteiger partial charge < -0.3 is 24.4 Å². The van der Waals surface area contributed by atoms with Gasteiger partial charge in [-0.3, -0.25) is 14.4 Å². The third-order valence-corrected chi connectivity index (χ3v) is 8.42. The lowest BCUT2D eigenvalue weighted by Gasteiger charge is -2.38. The fraction of sp³-hybridized carbons (Fsp3) is 0.536. The zero-order valence-corrected chi connectivity index (χ0v) is 21.7. The molecule has 4 aliphatic rings. The Bertz CT molecular complexity index is 1140. The topological polar surface area (TPSA) is 96.4 Å². The van der Waals surface area contributed by atoms with Crippen LogP contribution in [-0.2, 0) is 23.9 Å². The van der Waals surface area contributed by atoms with E-state index >= 15 is 0 Å². The van der Waals surface area contributed by atoms with Crippen molar-refractivity contribution in [2.75, 3.05) is 31.2 Å². The Labute approximate surface area is 221 Å². The van der Waals surface area contributed by atoms with Crippen LogP contribution < -0.4 is 4.90 Å². The zero-order chi connectivity index (χ0) is 26.2. The number of aliphatic hydroxyl groups is 1. The number of amides is 2. The second-order valence-electron chi connectivity index (χ2n) is 10.1. The Hall–Kier alpha value is -2.68. The number of carbonyl (C=O) groups is 3. The average molecular weight is 529 g/mol. The summed E-state index contributed by atoms with van der Waals surface area (Å²) in [5.74, 6) is -2.80. The summed E-state index contributed by atoms with van der Waals surface area (Å²) in [6.07, 6.45) is 10.4. The van der Waals surface area contributed by atoms with E-state index in [1.165, 1.54) is 0 Å². The number of esters is 1. The molecule has 4 aliphatic heterocycles. The van der Waals surface area contributed by atoms with Crippen molar-refractivity contribution in [3.05, 3.63) is 53.6 Å². The van der Waals surface area contributed by atoms with Crippen LogP contribution in [0.4, 0.5) is 5.69 Å². The molecular weight excluding hydrogens is 496 g/mol. The molecule has 2 fully saturated rings. The molecule has 1 aromatic rings. The summed E-state index contributed by atoms with van der Waals surface area (Å²) in [4.78, 5) is 45.1. The number of nitrogens with zero attached hydrogens (tertiary/aromatic N) is 2. The third-order valence-electron chi connectivity index (χ3n) is 8.10. The van der Waals surface area contributed by atoms with Crippen molar-refractivity contribution in [2.45, 2.75) is 56.3 Å². The van der Waals surface area contributed by atoms with E-state index in [4.69, 9.17) is 21.1 Å². The predicted octanol–water partition coefficient (Wildman–Crippen LogP) is 3.27. The smallest absolute Gasteiger partial charge is 0.313 e. The van der Waals surface area contributed by atoms with Gasteiger partial charge in [-0.2, -0.15) is 0 Å². The number of cyclic esters (lactones) is 1. The molecule has 0 bridgehead atoms. The van der Waals surface area contributed by atoms with Gasteiger partial charge in [0.05, 0.1) is 23.2 Å². The molecular formula is C28H33ClN2O6. The van der Waals surface area contributed by atoms with E-state index < -0.39 is 35.0 Å². The molecule has 9 heteroatoms. The van der Waals surface area contributed by atoms with Crippen molar-refractivity contribution in [2.24, 2.45) is 11.8 Å². The molecule has 0 aromatic heterocycles. The van der Waals surface area contributed by atoms with Crippen LogP contribution >= 0.6 is 11.6 Å². The van der Waals surface area contributed by atoms with E-state index in [0.717, 1.165) is 0 Å². The number of hydrogen-bond donors (Lipinski definition) is 1. The molecule has 0 radical (unpaired) electrons. The second kappa shape index (κ2) is 10.2. The molecule has 198 valence electrons. The number of rotatable bonds is 7. The largest absolute Gasteiger partial charge is 0.465 e. The molecule has 0 saturated carbocycles. The first kappa shape index (κ1) is 25.9. The molecule has 37 heavy (non-hydrogen) atoms. The Morgan fingerprint density at radius 3 is 2.62 bits per heavy atom. The van der Waals surface area contributed by atoms with E-state index in [-0.39, 0.29) is 31.6 Å². The number of halogens is 1. The number of fused-ring (bicyclic) bond motifs is 2. The molecule has 2 amide bonds. The van der Waals surface area contributed by atoms with Crippen molar-refractivity contribution >= 4 is 35.1 Å². The van der Waals surface area contributed by atoms with E-state index in [9.17, 15) is 19.5 Å². The summed E-state index contributed by atoms with van der Waals surface area (Å²) in [5.41, 5.74) is -1.82. The fourth-order valence-corrected chi connectivity index (χ4v) is 6.66.